The van der Waals surface area contributed by atoms with Crippen LogP contribution in [0.25, 0.3) is 0 Å². The van der Waals surface area contributed by atoms with E-state index in [1.165, 1.54) is 0 Å². The Labute approximate surface area is 106 Å². The van der Waals surface area contributed by atoms with Gasteiger partial charge in [0.1, 0.15) is 0 Å². The number of hydrogen-bond donors (Lipinski definition) is 0. The first-order valence-corrected chi connectivity index (χ1v) is 6.17. The first-order valence-electron chi connectivity index (χ1n) is 5.35. The van der Waals surface area contributed by atoms with E-state index in [-0.39, 0.29) is 11.2 Å². The summed E-state index contributed by atoms with van der Waals surface area (Å²) < 4.78 is 0. The Morgan fingerprint density at radius 2 is 2.38 bits per heavy atom. The van der Waals surface area contributed by atoms with Gasteiger partial charge in [-0.25, -0.2) is 0 Å². The van der Waals surface area contributed by atoms with Gasteiger partial charge in [0, 0.05) is 12.4 Å². The quantitative estimate of drug-likeness (QED) is 0.544. The molecule has 2 nitrogen and oxygen atoms in total. The molecule has 1 aliphatic heterocycles. The number of hydrogen-bond acceptors (Lipinski definition) is 2. The number of halogens is 2. The molecule has 0 saturated carbocycles. The molecule has 1 unspecified atom stereocenters. The molecule has 86 valence electrons. The van der Waals surface area contributed by atoms with Crippen molar-refractivity contribution in [2.75, 3.05) is 0 Å². The lowest BCUT2D eigenvalue weighted by Gasteiger charge is -2.43. The van der Waals surface area contributed by atoms with Gasteiger partial charge in [0.25, 0.3) is 0 Å². The summed E-state index contributed by atoms with van der Waals surface area (Å²) in [5, 5.41) is 0.618. The minimum absolute atomic E-state index is 0.0981. The van der Waals surface area contributed by atoms with Crippen LogP contribution >= 0.6 is 23.2 Å². The largest absolute Gasteiger partial charge is 0.333 e. The molecule has 2 aliphatic rings. The highest BCUT2D eigenvalue weighted by Crippen LogP contribution is 2.34. The van der Waals surface area contributed by atoms with Gasteiger partial charge in [0.15, 0.2) is 5.62 Å². The van der Waals surface area contributed by atoms with Crippen molar-refractivity contribution in [2.45, 2.75) is 30.9 Å². The molecule has 0 aromatic carbocycles. The van der Waals surface area contributed by atoms with Crippen LogP contribution in [0.5, 0.6) is 0 Å². The van der Waals surface area contributed by atoms with E-state index in [4.69, 9.17) is 23.2 Å². The number of alkyl halides is 1. The van der Waals surface area contributed by atoms with Crippen molar-refractivity contribution in [3.63, 3.8) is 0 Å². The van der Waals surface area contributed by atoms with Crippen molar-refractivity contribution in [1.29, 1.82) is 0 Å². The second-order valence-electron chi connectivity index (χ2n) is 3.96. The van der Waals surface area contributed by atoms with Gasteiger partial charge < -0.3 is 4.90 Å². The van der Waals surface area contributed by atoms with E-state index >= 15 is 0 Å². The maximum absolute atomic E-state index is 6.22. The van der Waals surface area contributed by atoms with E-state index in [1.54, 1.807) is 6.21 Å². The van der Waals surface area contributed by atoms with E-state index in [1.807, 2.05) is 11.1 Å². The summed E-state index contributed by atoms with van der Waals surface area (Å²) in [6.45, 7) is 2.15. The van der Waals surface area contributed by atoms with Crippen molar-refractivity contribution in [3.05, 3.63) is 35.5 Å². The SMILES string of the molecule is CCC1(N2C=C(Cl)C=N[C@@H]2Cl)C=CC=CC1. The Hall–Kier alpha value is -0.730. The van der Waals surface area contributed by atoms with Crippen LogP contribution in [-0.4, -0.2) is 22.3 Å². The molecule has 1 heterocycles. The van der Waals surface area contributed by atoms with Crippen LogP contribution in [0.4, 0.5) is 0 Å². The van der Waals surface area contributed by atoms with Gasteiger partial charge in [-0.2, -0.15) is 0 Å². The van der Waals surface area contributed by atoms with Crippen LogP contribution in [0.1, 0.15) is 19.8 Å². The van der Waals surface area contributed by atoms with Gasteiger partial charge in [-0.05, 0) is 12.8 Å². The van der Waals surface area contributed by atoms with Gasteiger partial charge in [-0.15, -0.1) is 0 Å². The van der Waals surface area contributed by atoms with Crippen molar-refractivity contribution >= 4 is 29.4 Å². The molecule has 1 aliphatic carbocycles. The molecule has 0 aromatic rings. The van der Waals surface area contributed by atoms with Gasteiger partial charge in [0.05, 0.1) is 10.6 Å². The third kappa shape index (κ3) is 2.04. The van der Waals surface area contributed by atoms with Crippen LogP contribution in [0.3, 0.4) is 0 Å². The summed E-state index contributed by atoms with van der Waals surface area (Å²) in [7, 11) is 0. The molecule has 4 heteroatoms. The Bertz CT molecular complexity index is 384. The number of aliphatic imine (C=N–C) groups is 1. The summed E-state index contributed by atoms with van der Waals surface area (Å²) in [5.74, 6) is 0. The first kappa shape index (κ1) is 11.7. The molecular formula is C12H14Cl2N2. The monoisotopic (exact) mass is 256 g/mol. The average molecular weight is 257 g/mol. The molecule has 0 spiro atoms. The standard InChI is InChI=1S/C12H14Cl2N2/c1-2-12(6-4-3-5-7-12)16-9-10(13)8-15-11(16)14/h3-6,8-9,11H,2,7H2,1H3/t11-,12?/m0/s1. The van der Waals surface area contributed by atoms with Crippen molar-refractivity contribution in [1.82, 2.24) is 4.90 Å². The predicted octanol–water partition coefficient (Wildman–Crippen LogP) is 3.64. The molecule has 0 radical (unpaired) electrons. The third-order valence-electron chi connectivity index (χ3n) is 3.06. The highest BCUT2D eigenvalue weighted by Gasteiger charge is 2.35. The lowest BCUT2D eigenvalue weighted by Crippen LogP contribution is -2.48. The van der Waals surface area contributed by atoms with Crippen LogP contribution in [0.2, 0.25) is 0 Å². The van der Waals surface area contributed by atoms with E-state index in [0.29, 0.717) is 5.03 Å². The highest BCUT2D eigenvalue weighted by molar-refractivity contribution is 6.39. The fourth-order valence-electron chi connectivity index (χ4n) is 2.06. The summed E-state index contributed by atoms with van der Waals surface area (Å²) >= 11 is 12.2. The Kier molecular flexibility index (Phi) is 3.41. The summed E-state index contributed by atoms with van der Waals surface area (Å²) in [6.07, 6.45) is 13.8. The van der Waals surface area contributed by atoms with Crippen LogP contribution in [0, 0.1) is 0 Å². The molecule has 0 saturated heterocycles. The molecule has 2 rings (SSSR count). The molecular weight excluding hydrogens is 243 g/mol. The van der Waals surface area contributed by atoms with E-state index in [9.17, 15) is 0 Å². The normalized spacial score (nSPS) is 33.1. The van der Waals surface area contributed by atoms with Crippen LogP contribution in [0.15, 0.2) is 40.5 Å². The smallest absolute Gasteiger partial charge is 0.198 e. The highest BCUT2D eigenvalue weighted by atomic mass is 35.5. The summed E-state index contributed by atoms with van der Waals surface area (Å²) in [6, 6.07) is 0. The van der Waals surface area contributed by atoms with Crippen LogP contribution < -0.4 is 0 Å². The summed E-state index contributed by atoms with van der Waals surface area (Å²) in [5.41, 5.74) is -0.474. The lowest BCUT2D eigenvalue weighted by atomic mass is 9.87. The second kappa shape index (κ2) is 4.64. The fourth-order valence-corrected chi connectivity index (χ4v) is 2.53. The Morgan fingerprint density at radius 1 is 1.56 bits per heavy atom. The Morgan fingerprint density at radius 3 is 3.00 bits per heavy atom. The van der Waals surface area contributed by atoms with Crippen LogP contribution in [-0.2, 0) is 0 Å². The maximum atomic E-state index is 6.22. The number of rotatable bonds is 2. The molecule has 0 bridgehead atoms. The first-order chi connectivity index (χ1) is 7.68. The third-order valence-corrected chi connectivity index (χ3v) is 3.58. The molecule has 2 atom stereocenters. The zero-order valence-corrected chi connectivity index (χ0v) is 10.6. The van der Waals surface area contributed by atoms with Gasteiger partial charge >= 0.3 is 0 Å². The average Bonchev–Trinajstić information content (AvgIpc) is 2.33. The maximum Gasteiger partial charge on any atom is 0.198 e. The summed E-state index contributed by atoms with van der Waals surface area (Å²) in [4.78, 5) is 6.19. The topological polar surface area (TPSA) is 15.6 Å². The van der Waals surface area contributed by atoms with E-state index in [0.717, 1.165) is 12.8 Å². The van der Waals surface area contributed by atoms with Crippen molar-refractivity contribution in [3.8, 4) is 0 Å². The minimum atomic E-state index is -0.376. The van der Waals surface area contributed by atoms with E-state index < -0.39 is 0 Å². The molecule has 0 N–H and O–H groups in total. The predicted molar refractivity (Wildman–Crippen MR) is 69.8 cm³/mol. The Balaban J connectivity index is 2.31. The number of allylic oxidation sites excluding steroid dienone is 3. The van der Waals surface area contributed by atoms with Crippen molar-refractivity contribution < 1.29 is 0 Å². The zero-order chi connectivity index (χ0) is 11.6. The zero-order valence-electron chi connectivity index (χ0n) is 9.11. The molecule has 0 amide bonds. The molecule has 0 aromatic heterocycles. The van der Waals surface area contributed by atoms with E-state index in [2.05, 4.69) is 36.2 Å². The molecule has 16 heavy (non-hydrogen) atoms. The van der Waals surface area contributed by atoms with Gasteiger partial charge in [-0.1, -0.05) is 54.4 Å². The van der Waals surface area contributed by atoms with Gasteiger partial charge in [-0.3, -0.25) is 4.99 Å². The lowest BCUT2D eigenvalue weighted by molar-refractivity contribution is 0.175. The second-order valence-corrected chi connectivity index (χ2v) is 4.79. The number of nitrogens with zero attached hydrogens (tertiary/aromatic N) is 2. The van der Waals surface area contributed by atoms with Gasteiger partial charge in [0.2, 0.25) is 0 Å². The minimum Gasteiger partial charge on any atom is -0.333 e. The molecule has 0 fully saturated rings. The fraction of sp³-hybridized carbons (Fsp3) is 0.417. The van der Waals surface area contributed by atoms with Crippen molar-refractivity contribution in [2.24, 2.45) is 4.99 Å².